The van der Waals surface area contributed by atoms with Crippen molar-refractivity contribution < 1.29 is 0 Å². The number of hydrogen-bond donors (Lipinski definition) is 0. The minimum absolute atomic E-state index is 0.439. The van der Waals surface area contributed by atoms with E-state index in [0.29, 0.717) is 6.04 Å². The van der Waals surface area contributed by atoms with E-state index < -0.39 is 0 Å². The first kappa shape index (κ1) is 24.5. The van der Waals surface area contributed by atoms with Crippen LogP contribution >= 0.6 is 0 Å². The number of anilines is 1. The van der Waals surface area contributed by atoms with E-state index in [2.05, 4.69) is 109 Å². The standard InChI is InChI=1S/C29H41N5/c1-6-28-27(22-33(23(3)4)21-25-14-12-11-13-24(25)5)29(32-19-17-31(7-2)18-20-32)34(30-28)26-15-9-8-10-16-26/h8-16,23H,6-7,17-22H2,1-5H3. The molecular formula is C29H41N5. The number of para-hydroxylation sites is 1. The Kier molecular flexibility index (Phi) is 8.07. The van der Waals surface area contributed by atoms with Crippen LogP contribution in [0.3, 0.4) is 0 Å². The van der Waals surface area contributed by atoms with Gasteiger partial charge in [-0.25, -0.2) is 4.68 Å². The Morgan fingerprint density at radius 2 is 1.56 bits per heavy atom. The van der Waals surface area contributed by atoms with Gasteiger partial charge in [-0.3, -0.25) is 4.90 Å². The molecule has 4 rings (SSSR count). The van der Waals surface area contributed by atoms with Crippen LogP contribution in [0.2, 0.25) is 0 Å². The minimum Gasteiger partial charge on any atom is -0.354 e. The van der Waals surface area contributed by atoms with Gasteiger partial charge in [0.05, 0.1) is 11.4 Å². The van der Waals surface area contributed by atoms with Gasteiger partial charge in [-0.05, 0) is 57.0 Å². The van der Waals surface area contributed by atoms with Gasteiger partial charge in [0.25, 0.3) is 0 Å². The molecule has 3 aromatic rings. The number of likely N-dealkylation sites (N-methyl/N-ethyl adjacent to an activating group) is 1. The Bertz CT molecular complexity index is 1050. The summed E-state index contributed by atoms with van der Waals surface area (Å²) in [7, 11) is 0. The Morgan fingerprint density at radius 3 is 2.18 bits per heavy atom. The molecule has 1 saturated heterocycles. The highest BCUT2D eigenvalue weighted by Gasteiger charge is 2.27. The molecule has 0 bridgehead atoms. The van der Waals surface area contributed by atoms with Crippen LogP contribution in [0, 0.1) is 6.92 Å². The van der Waals surface area contributed by atoms with Gasteiger partial charge in [0.15, 0.2) is 0 Å². The van der Waals surface area contributed by atoms with E-state index in [1.807, 2.05) is 0 Å². The maximum Gasteiger partial charge on any atom is 0.137 e. The zero-order valence-corrected chi connectivity index (χ0v) is 21.7. The van der Waals surface area contributed by atoms with Crippen molar-refractivity contribution in [1.82, 2.24) is 19.6 Å². The molecule has 0 saturated carbocycles. The smallest absolute Gasteiger partial charge is 0.137 e. The molecular weight excluding hydrogens is 418 g/mol. The lowest BCUT2D eigenvalue weighted by Gasteiger charge is -2.37. The predicted molar refractivity (Wildman–Crippen MR) is 143 cm³/mol. The third-order valence-corrected chi connectivity index (χ3v) is 7.22. The van der Waals surface area contributed by atoms with Crippen LogP contribution in [0.5, 0.6) is 0 Å². The number of nitrogens with zero attached hydrogens (tertiary/aromatic N) is 5. The molecule has 0 N–H and O–H groups in total. The number of aryl methyl sites for hydroxylation is 2. The summed E-state index contributed by atoms with van der Waals surface area (Å²) in [4.78, 5) is 7.71. The SMILES string of the molecule is CCc1nn(-c2ccccc2)c(N2CCN(CC)CC2)c1CN(Cc1ccccc1C)C(C)C. The second-order valence-corrected chi connectivity index (χ2v) is 9.70. The molecule has 1 aromatic heterocycles. The van der Waals surface area contributed by atoms with Crippen LogP contribution in [0.1, 0.15) is 50.1 Å². The molecule has 2 heterocycles. The van der Waals surface area contributed by atoms with Crippen molar-refractivity contribution in [2.75, 3.05) is 37.6 Å². The number of benzene rings is 2. The van der Waals surface area contributed by atoms with Gasteiger partial charge in [-0.1, -0.05) is 56.3 Å². The van der Waals surface area contributed by atoms with E-state index in [0.717, 1.165) is 57.9 Å². The molecule has 0 amide bonds. The molecule has 5 heteroatoms. The maximum atomic E-state index is 5.18. The highest BCUT2D eigenvalue weighted by molar-refractivity contribution is 5.56. The highest BCUT2D eigenvalue weighted by atomic mass is 15.4. The average Bonchev–Trinajstić information content (AvgIpc) is 3.23. The Hall–Kier alpha value is -2.63. The van der Waals surface area contributed by atoms with Crippen molar-refractivity contribution in [2.45, 2.75) is 60.2 Å². The third-order valence-electron chi connectivity index (χ3n) is 7.22. The van der Waals surface area contributed by atoms with E-state index in [9.17, 15) is 0 Å². The van der Waals surface area contributed by atoms with Gasteiger partial charge in [-0.2, -0.15) is 5.10 Å². The third kappa shape index (κ3) is 5.37. The summed E-state index contributed by atoms with van der Waals surface area (Å²) in [6.07, 6.45) is 0.938. The molecule has 1 aliphatic heterocycles. The topological polar surface area (TPSA) is 27.5 Å². The fourth-order valence-electron chi connectivity index (χ4n) is 4.91. The van der Waals surface area contributed by atoms with Crippen molar-refractivity contribution >= 4 is 5.82 Å². The number of piperazine rings is 1. The summed E-state index contributed by atoms with van der Waals surface area (Å²) in [5.74, 6) is 1.29. The first-order valence-corrected chi connectivity index (χ1v) is 12.9. The van der Waals surface area contributed by atoms with E-state index in [1.54, 1.807) is 0 Å². The molecule has 1 aliphatic rings. The minimum atomic E-state index is 0.439. The molecule has 0 radical (unpaired) electrons. The largest absolute Gasteiger partial charge is 0.354 e. The van der Waals surface area contributed by atoms with Gasteiger partial charge in [0, 0.05) is 50.9 Å². The van der Waals surface area contributed by atoms with Crippen molar-refractivity contribution in [1.29, 1.82) is 0 Å². The average molecular weight is 460 g/mol. The van der Waals surface area contributed by atoms with Gasteiger partial charge >= 0.3 is 0 Å². The highest BCUT2D eigenvalue weighted by Crippen LogP contribution is 2.31. The lowest BCUT2D eigenvalue weighted by atomic mass is 10.1. The molecule has 34 heavy (non-hydrogen) atoms. The molecule has 0 unspecified atom stereocenters. The number of hydrogen-bond acceptors (Lipinski definition) is 4. The number of rotatable bonds is 9. The Morgan fingerprint density at radius 1 is 0.882 bits per heavy atom. The monoisotopic (exact) mass is 459 g/mol. The zero-order chi connectivity index (χ0) is 24.1. The van der Waals surface area contributed by atoms with Crippen LogP contribution in [-0.2, 0) is 19.5 Å². The first-order valence-electron chi connectivity index (χ1n) is 12.9. The van der Waals surface area contributed by atoms with Crippen LogP contribution < -0.4 is 4.90 Å². The molecule has 0 spiro atoms. The quantitative estimate of drug-likeness (QED) is 0.434. The Balaban J connectivity index is 1.74. The summed E-state index contributed by atoms with van der Waals surface area (Å²) in [5.41, 5.74) is 6.51. The van der Waals surface area contributed by atoms with Gasteiger partial charge in [0.2, 0.25) is 0 Å². The summed E-state index contributed by atoms with van der Waals surface area (Å²) < 4.78 is 2.21. The van der Waals surface area contributed by atoms with Crippen LogP contribution in [0.4, 0.5) is 5.82 Å². The van der Waals surface area contributed by atoms with Crippen molar-refractivity contribution in [3.05, 3.63) is 77.0 Å². The number of aromatic nitrogens is 2. The second-order valence-electron chi connectivity index (χ2n) is 9.70. The van der Waals surface area contributed by atoms with Crippen LogP contribution in [-0.4, -0.2) is 58.3 Å². The molecule has 0 atom stereocenters. The zero-order valence-electron chi connectivity index (χ0n) is 21.7. The second kappa shape index (κ2) is 11.2. The fourth-order valence-corrected chi connectivity index (χ4v) is 4.91. The molecule has 1 fully saturated rings. The van der Waals surface area contributed by atoms with Crippen LogP contribution in [0.25, 0.3) is 5.69 Å². The lowest BCUT2D eigenvalue weighted by molar-refractivity contribution is 0.202. The summed E-state index contributed by atoms with van der Waals surface area (Å²) in [6, 6.07) is 19.9. The molecule has 182 valence electrons. The predicted octanol–water partition coefficient (Wildman–Crippen LogP) is 5.30. The first-order chi connectivity index (χ1) is 16.5. The van der Waals surface area contributed by atoms with E-state index in [4.69, 9.17) is 5.10 Å². The summed E-state index contributed by atoms with van der Waals surface area (Å²) in [6.45, 7) is 18.6. The van der Waals surface area contributed by atoms with Gasteiger partial charge in [0.1, 0.15) is 5.82 Å². The molecule has 0 aliphatic carbocycles. The fraction of sp³-hybridized carbons (Fsp3) is 0.483. The molecule has 2 aromatic carbocycles. The van der Waals surface area contributed by atoms with Gasteiger partial charge in [-0.15, -0.1) is 0 Å². The normalized spacial score (nSPS) is 15.0. The van der Waals surface area contributed by atoms with E-state index in [1.165, 1.54) is 28.2 Å². The van der Waals surface area contributed by atoms with Crippen LogP contribution in [0.15, 0.2) is 54.6 Å². The molecule has 5 nitrogen and oxygen atoms in total. The van der Waals surface area contributed by atoms with E-state index >= 15 is 0 Å². The van der Waals surface area contributed by atoms with Gasteiger partial charge < -0.3 is 9.80 Å². The Labute approximate surface area is 206 Å². The van der Waals surface area contributed by atoms with Crippen molar-refractivity contribution in [2.24, 2.45) is 0 Å². The summed E-state index contributed by atoms with van der Waals surface area (Å²) >= 11 is 0. The van der Waals surface area contributed by atoms with Crippen molar-refractivity contribution in [3.63, 3.8) is 0 Å². The lowest BCUT2D eigenvalue weighted by Crippen LogP contribution is -2.47. The summed E-state index contributed by atoms with van der Waals surface area (Å²) in [5, 5.41) is 5.18. The van der Waals surface area contributed by atoms with Crippen molar-refractivity contribution in [3.8, 4) is 5.69 Å². The maximum absolute atomic E-state index is 5.18. The van der Waals surface area contributed by atoms with E-state index in [-0.39, 0.29) is 0 Å².